The van der Waals surface area contributed by atoms with E-state index in [4.69, 9.17) is 9.57 Å². The van der Waals surface area contributed by atoms with Gasteiger partial charge in [0, 0.05) is 74.4 Å². The van der Waals surface area contributed by atoms with Crippen molar-refractivity contribution in [1.29, 1.82) is 0 Å². The minimum absolute atomic E-state index is 0.0118. The summed E-state index contributed by atoms with van der Waals surface area (Å²) in [6.07, 6.45) is 5.19. The van der Waals surface area contributed by atoms with E-state index < -0.39 is 35.5 Å². The molecule has 15 heteroatoms. The van der Waals surface area contributed by atoms with Gasteiger partial charge in [-0.05, 0) is 110 Å². The van der Waals surface area contributed by atoms with Crippen LogP contribution >= 0.6 is 0 Å². The Bertz CT molecular complexity index is 2350. The largest absolute Gasteiger partial charge is 0.508 e. The Morgan fingerprint density at radius 3 is 2.60 bits per heavy atom. The van der Waals surface area contributed by atoms with Crippen molar-refractivity contribution in [3.63, 3.8) is 0 Å². The highest BCUT2D eigenvalue weighted by atomic mass is 16.8. The fourth-order valence-electron chi connectivity index (χ4n) is 9.95. The summed E-state index contributed by atoms with van der Waals surface area (Å²) in [6.45, 7) is 14.3. The molecule has 3 aliphatic rings. The van der Waals surface area contributed by atoms with E-state index in [0.717, 1.165) is 57.4 Å². The van der Waals surface area contributed by atoms with E-state index in [0.29, 0.717) is 49.4 Å². The van der Waals surface area contributed by atoms with Crippen LogP contribution < -0.4 is 10.7 Å². The molecule has 0 aliphatic carbocycles. The molecule has 5 atom stereocenters. The topological polar surface area (TPSA) is 162 Å². The summed E-state index contributed by atoms with van der Waals surface area (Å²) in [7, 11) is 5.27. The minimum atomic E-state index is -1.12. The van der Waals surface area contributed by atoms with Gasteiger partial charge in [-0.15, -0.1) is 0 Å². The number of ether oxygens (including phenoxy) is 1. The van der Waals surface area contributed by atoms with E-state index in [1.165, 1.54) is 9.91 Å². The summed E-state index contributed by atoms with van der Waals surface area (Å²) >= 11 is 0. The third-order valence-electron chi connectivity index (χ3n) is 13.1. The number of aromatic hydroxyl groups is 1. The average molecular weight is 866 g/mol. The number of carbonyl (C=O) groups is 3. The van der Waals surface area contributed by atoms with Gasteiger partial charge in [-0.3, -0.25) is 29.3 Å². The molecule has 0 spiro atoms. The van der Waals surface area contributed by atoms with E-state index in [1.807, 2.05) is 50.2 Å². The number of phenolic OH excluding ortho intramolecular Hbond substituents is 1. The molecule has 3 aliphatic heterocycles. The number of carbonyl (C=O) groups excluding carboxylic acids is 3. The molecule has 2 aromatic carbocycles. The predicted molar refractivity (Wildman–Crippen MR) is 241 cm³/mol. The van der Waals surface area contributed by atoms with Crippen LogP contribution in [0.4, 0.5) is 0 Å². The summed E-state index contributed by atoms with van der Waals surface area (Å²) in [5.41, 5.74) is 9.83. The summed E-state index contributed by atoms with van der Waals surface area (Å²) in [4.78, 5) is 71.6. The van der Waals surface area contributed by atoms with Crippen molar-refractivity contribution >= 4 is 28.6 Å². The molecule has 0 radical (unpaired) electrons. The molecule has 3 N–H and O–H groups in total. The van der Waals surface area contributed by atoms with Gasteiger partial charge in [-0.2, -0.15) is 5.43 Å². The number of nitrogens with one attached hydrogen (secondary N) is 2. The first-order valence-corrected chi connectivity index (χ1v) is 22.4. The number of phenols is 1. The maximum Gasteiger partial charge on any atom is 0.326 e. The monoisotopic (exact) mass is 865 g/mol. The van der Waals surface area contributed by atoms with Crippen LogP contribution in [0.1, 0.15) is 77.5 Å². The lowest BCUT2D eigenvalue weighted by atomic mass is 9.84. The quantitative estimate of drug-likeness (QED) is 0.187. The Hall–Kier alpha value is -5.38. The number of rotatable bonds is 9. The molecule has 63 heavy (non-hydrogen) atoms. The fraction of sp³-hybridized carbons (Fsp3) is 0.542. The highest BCUT2D eigenvalue weighted by Crippen LogP contribution is 2.41. The molecule has 7 rings (SSSR count). The van der Waals surface area contributed by atoms with Crippen molar-refractivity contribution in [2.45, 2.75) is 111 Å². The minimum Gasteiger partial charge on any atom is -0.508 e. The van der Waals surface area contributed by atoms with Crippen molar-refractivity contribution < 1.29 is 34.0 Å². The number of pyridine rings is 1. The van der Waals surface area contributed by atoms with Gasteiger partial charge in [0.15, 0.2) is 6.61 Å². The number of aryl methyl sites for hydroxylation is 1. The lowest BCUT2D eigenvalue weighted by Gasteiger charge is -2.36. The zero-order chi connectivity index (χ0) is 45.3. The summed E-state index contributed by atoms with van der Waals surface area (Å²) in [5, 5.41) is 16.7. The molecule has 6 bridgehead atoms. The van der Waals surface area contributed by atoms with Crippen LogP contribution in [0.2, 0.25) is 0 Å². The number of amides is 3. The number of hydrogen-bond donors (Lipinski definition) is 3. The smallest absolute Gasteiger partial charge is 0.326 e. The molecular weight excluding hydrogens is 801 g/mol. The highest BCUT2D eigenvalue weighted by molar-refractivity contribution is 5.96. The Morgan fingerprint density at radius 1 is 1.13 bits per heavy atom. The number of hydrazine groups is 1. The summed E-state index contributed by atoms with van der Waals surface area (Å²) in [5.74, 6) is -1.18. The number of benzene rings is 2. The van der Waals surface area contributed by atoms with Crippen molar-refractivity contribution in [3.8, 4) is 28.1 Å². The number of aromatic nitrogens is 2. The number of likely N-dealkylation sites (tertiary alicyclic amines) is 1. The van der Waals surface area contributed by atoms with Crippen LogP contribution in [-0.4, -0.2) is 117 Å². The number of nitrogens with zero attached hydrogens (tertiary/aromatic N) is 6. The van der Waals surface area contributed by atoms with Gasteiger partial charge in [0.25, 0.3) is 5.91 Å². The second kappa shape index (κ2) is 18.8. The van der Waals surface area contributed by atoms with E-state index in [9.17, 15) is 24.4 Å². The van der Waals surface area contributed by atoms with Gasteiger partial charge in [0.05, 0.1) is 23.2 Å². The summed E-state index contributed by atoms with van der Waals surface area (Å²) < 4.78 is 7.93. The first-order chi connectivity index (χ1) is 30.0. The molecule has 15 nitrogen and oxygen atoms in total. The summed E-state index contributed by atoms with van der Waals surface area (Å²) in [6, 6.07) is 11.2. The lowest BCUT2D eigenvalue weighted by molar-refractivity contribution is -0.835. The third kappa shape index (κ3) is 9.46. The molecule has 3 amide bonds. The van der Waals surface area contributed by atoms with Gasteiger partial charge >= 0.3 is 6.17 Å². The highest BCUT2D eigenvalue weighted by Gasteiger charge is 2.43. The average Bonchev–Trinajstić information content (AvgIpc) is 3.75. The predicted octanol–water partition coefficient (Wildman–Crippen LogP) is 5.84. The van der Waals surface area contributed by atoms with Gasteiger partial charge in [-0.25, -0.2) is 4.84 Å². The SMILES string of the molecule is CCn1c(-c2cnccc2COC)c2c3cc(ccc31)-c1cc(O)cc(c1)C[C@H](NC(=O)[C@H](C(C)C)N(C)C(=O)[C@H]1[C@@H](C)CCN1C)C(=O)N1CCC[C@H](N1)[N+](=O)OCC(C)(C)C2. The van der Waals surface area contributed by atoms with Crippen LogP contribution in [0.3, 0.4) is 0 Å². The number of methoxy groups -OCH3 is 1. The van der Waals surface area contributed by atoms with Crippen LogP contribution in [0.25, 0.3) is 33.3 Å². The van der Waals surface area contributed by atoms with Crippen LogP contribution in [0, 0.1) is 22.2 Å². The van der Waals surface area contributed by atoms with Crippen LogP contribution in [-0.2, 0) is 50.0 Å². The molecule has 2 fully saturated rings. The van der Waals surface area contributed by atoms with Crippen molar-refractivity contribution in [3.05, 3.63) is 76.5 Å². The van der Waals surface area contributed by atoms with Gasteiger partial charge < -0.3 is 24.6 Å². The number of hydrogen-bond acceptors (Lipinski definition) is 10. The van der Waals surface area contributed by atoms with E-state index in [-0.39, 0.29) is 42.6 Å². The first kappa shape index (κ1) is 45.6. The molecule has 4 aromatic rings. The fourth-order valence-corrected chi connectivity index (χ4v) is 9.95. The van der Waals surface area contributed by atoms with Crippen LogP contribution in [0.5, 0.6) is 5.75 Å². The third-order valence-corrected chi connectivity index (χ3v) is 13.1. The molecule has 2 aromatic heterocycles. The Kier molecular flexibility index (Phi) is 13.6. The van der Waals surface area contributed by atoms with Crippen molar-refractivity contribution in [2.75, 3.05) is 40.9 Å². The van der Waals surface area contributed by atoms with E-state index in [1.54, 1.807) is 32.5 Å². The number of likely N-dealkylation sites (N-methyl/N-ethyl adjacent to an activating group) is 2. The van der Waals surface area contributed by atoms with Gasteiger partial charge in [0.2, 0.25) is 16.7 Å². The maximum absolute atomic E-state index is 14.7. The van der Waals surface area contributed by atoms with Crippen molar-refractivity contribution in [2.24, 2.45) is 17.3 Å². The normalized spacial score (nSPS) is 22.5. The zero-order valence-corrected chi connectivity index (χ0v) is 38.3. The molecule has 338 valence electrons. The van der Waals surface area contributed by atoms with Gasteiger partial charge in [0.1, 0.15) is 17.8 Å². The lowest BCUT2D eigenvalue weighted by Crippen LogP contribution is -2.62. The zero-order valence-electron chi connectivity index (χ0n) is 38.3. The Morgan fingerprint density at radius 2 is 1.90 bits per heavy atom. The maximum atomic E-state index is 14.7. The second-order valence-electron chi connectivity index (χ2n) is 18.9. The number of fused-ring (bicyclic) bond motifs is 6. The molecular formula is C48H65N8O7+. The van der Waals surface area contributed by atoms with Crippen molar-refractivity contribution in [1.82, 2.24) is 35.1 Å². The van der Waals surface area contributed by atoms with E-state index in [2.05, 4.69) is 60.1 Å². The first-order valence-electron chi connectivity index (χ1n) is 22.4. The molecule has 0 saturated carbocycles. The Labute approximate surface area is 370 Å². The van der Waals surface area contributed by atoms with Crippen LogP contribution in [0.15, 0.2) is 54.9 Å². The molecule has 2 saturated heterocycles. The molecule has 0 unspecified atom stereocenters. The van der Waals surface area contributed by atoms with E-state index >= 15 is 0 Å². The molecule has 5 heterocycles. The standard InChI is InChI=1S/C48H64N8O7/c1-10-54-40-14-13-32-24-36(40)37(44(54)38-26-49-17-15-33(38)27-62-9)25-48(5,6)28-63-56(61)41-12-11-18-55(51-41)46(59)39(22-31-20-34(32)23-35(57)21-31)50-45(58)42(29(2)3)53(8)47(60)43-30(4)16-19-52(43)7/h13-15,17,20-21,23-24,26,29-30,39,41-43,51H,10-12,16,18-19,22,25,27-28H2,1-9H3,(H-,50,57,58)/p+1/t30-,39-,41+,42-,43+/m0/s1. The Balaban J connectivity index is 1.33. The van der Waals surface area contributed by atoms with Gasteiger partial charge in [-0.1, -0.05) is 46.8 Å². The second-order valence-corrected chi connectivity index (χ2v) is 18.9.